The number of esters is 1. The molecule has 2 aromatic carbocycles. The Morgan fingerprint density at radius 1 is 1.05 bits per heavy atom. The largest absolute Gasteiger partial charge is 0.496 e. The molecule has 1 aromatic heterocycles. The van der Waals surface area contributed by atoms with Crippen LogP contribution in [0.15, 0.2) is 42.6 Å². The van der Waals surface area contributed by atoms with Crippen molar-refractivity contribution in [2.75, 3.05) is 20.8 Å². The minimum atomic E-state index is -0.598. The number of nitrogens with zero attached hydrogens (tertiary/aromatic N) is 2. The fourth-order valence-electron chi connectivity index (χ4n) is 6.22. The van der Waals surface area contributed by atoms with Crippen LogP contribution in [0.3, 0.4) is 0 Å². The van der Waals surface area contributed by atoms with Crippen molar-refractivity contribution in [2.24, 2.45) is 5.92 Å². The van der Waals surface area contributed by atoms with Gasteiger partial charge in [0.25, 0.3) is 0 Å². The summed E-state index contributed by atoms with van der Waals surface area (Å²) in [5, 5.41) is 0.978. The van der Waals surface area contributed by atoms with Gasteiger partial charge in [-0.2, -0.15) is 0 Å². The van der Waals surface area contributed by atoms with E-state index in [0.29, 0.717) is 30.7 Å². The van der Waals surface area contributed by atoms with E-state index in [9.17, 15) is 9.59 Å². The Kier molecular flexibility index (Phi) is 7.68. The van der Waals surface area contributed by atoms with Gasteiger partial charge in [-0.05, 0) is 82.9 Å². The molecular weight excluding hydrogens is 508 g/mol. The molecule has 1 aliphatic carbocycles. The van der Waals surface area contributed by atoms with Crippen LogP contribution >= 0.6 is 0 Å². The second kappa shape index (κ2) is 10.9. The van der Waals surface area contributed by atoms with Crippen molar-refractivity contribution < 1.29 is 28.5 Å². The number of hydrogen-bond donors (Lipinski definition) is 0. The first-order valence-electron chi connectivity index (χ1n) is 14.0. The molecule has 1 saturated carbocycles. The van der Waals surface area contributed by atoms with Gasteiger partial charge >= 0.3 is 12.1 Å². The van der Waals surface area contributed by atoms with Gasteiger partial charge in [-0.15, -0.1) is 0 Å². The van der Waals surface area contributed by atoms with Crippen LogP contribution in [0.4, 0.5) is 4.79 Å². The molecule has 1 saturated heterocycles. The van der Waals surface area contributed by atoms with Gasteiger partial charge in [0.2, 0.25) is 0 Å². The van der Waals surface area contributed by atoms with Crippen LogP contribution in [0, 0.1) is 12.8 Å². The summed E-state index contributed by atoms with van der Waals surface area (Å²) >= 11 is 0. The summed E-state index contributed by atoms with van der Waals surface area (Å²) in [5.74, 6) is 0.947. The molecular formula is C32H40N2O6. The first-order chi connectivity index (χ1) is 19.1. The van der Waals surface area contributed by atoms with E-state index in [2.05, 4.69) is 4.90 Å². The predicted molar refractivity (Wildman–Crippen MR) is 153 cm³/mol. The van der Waals surface area contributed by atoms with E-state index in [1.165, 1.54) is 7.11 Å². The molecule has 4 atom stereocenters. The number of benzene rings is 2. The fourth-order valence-corrected chi connectivity index (χ4v) is 6.22. The molecule has 2 heterocycles. The van der Waals surface area contributed by atoms with E-state index in [1.54, 1.807) is 17.9 Å². The maximum absolute atomic E-state index is 13.1. The predicted octanol–water partition coefficient (Wildman–Crippen LogP) is 6.27. The third-order valence-electron chi connectivity index (χ3n) is 8.04. The zero-order valence-electron chi connectivity index (χ0n) is 24.5. The van der Waals surface area contributed by atoms with Crippen LogP contribution in [0.25, 0.3) is 10.9 Å². The molecule has 8 heteroatoms. The Morgan fingerprint density at radius 2 is 1.77 bits per heavy atom. The van der Waals surface area contributed by atoms with E-state index in [1.807, 2.05) is 71.0 Å². The summed E-state index contributed by atoms with van der Waals surface area (Å²) in [4.78, 5) is 27.7. The lowest BCUT2D eigenvalue weighted by Gasteiger charge is -2.40. The van der Waals surface area contributed by atoms with Crippen LogP contribution in [-0.2, 0) is 20.8 Å². The molecule has 0 bridgehead atoms. The molecule has 0 amide bonds. The molecule has 2 aliphatic rings. The van der Waals surface area contributed by atoms with Gasteiger partial charge < -0.3 is 18.9 Å². The number of rotatable bonds is 7. The Hall–Kier alpha value is -3.36. The van der Waals surface area contributed by atoms with Gasteiger partial charge in [-0.3, -0.25) is 9.47 Å². The van der Waals surface area contributed by atoms with E-state index in [4.69, 9.17) is 18.9 Å². The van der Waals surface area contributed by atoms with Gasteiger partial charge in [-0.25, -0.2) is 9.59 Å². The molecule has 0 spiro atoms. The molecule has 5 rings (SSSR count). The normalized spacial score (nSPS) is 22.6. The number of carbonyl (C=O) groups is 2. The maximum atomic E-state index is 13.1. The molecule has 8 nitrogen and oxygen atoms in total. The molecule has 4 unspecified atom stereocenters. The highest BCUT2D eigenvalue weighted by Crippen LogP contribution is 2.52. The Morgan fingerprint density at radius 3 is 2.40 bits per heavy atom. The molecule has 1 aliphatic heterocycles. The van der Waals surface area contributed by atoms with E-state index in [0.717, 1.165) is 46.2 Å². The summed E-state index contributed by atoms with van der Waals surface area (Å²) < 4.78 is 24.3. The van der Waals surface area contributed by atoms with Crippen molar-refractivity contribution >= 4 is 23.0 Å². The Labute approximate surface area is 236 Å². The number of fused-ring (bicyclic) bond motifs is 2. The van der Waals surface area contributed by atoms with Gasteiger partial charge in [-0.1, -0.05) is 12.1 Å². The standard InChI is InChI=1S/C32H40N2O6/c1-8-39-28-17-25(20-9-11-21(12-10-20)30(35)38-7)34(26-16-23(26)28)18-24-22-13-14-33(31(36)40-32(3,4)5)29(22)19(2)15-27(24)37-6/h9-15,23,25-26,28H,8,16-18H2,1-7H3. The van der Waals surface area contributed by atoms with Crippen LogP contribution < -0.4 is 4.74 Å². The van der Waals surface area contributed by atoms with E-state index in [-0.39, 0.29) is 18.1 Å². The molecule has 2 fully saturated rings. The number of piperidine rings is 1. The number of carbonyl (C=O) groups excluding carboxylic acids is 2. The highest BCUT2D eigenvalue weighted by atomic mass is 16.6. The lowest BCUT2D eigenvalue weighted by Crippen LogP contribution is -2.40. The van der Waals surface area contributed by atoms with E-state index < -0.39 is 11.7 Å². The van der Waals surface area contributed by atoms with Crippen molar-refractivity contribution in [1.29, 1.82) is 0 Å². The SMILES string of the molecule is CCOC1CC(c2ccc(C(=O)OC)cc2)N(Cc2c(OC)cc(C)c3c2ccn3C(=O)OC(C)(C)C)C2CC12. The number of aromatic nitrogens is 1. The summed E-state index contributed by atoms with van der Waals surface area (Å²) in [7, 11) is 3.09. The first kappa shape index (κ1) is 28.2. The summed E-state index contributed by atoms with van der Waals surface area (Å²) in [6, 6.07) is 12.2. The first-order valence-corrected chi connectivity index (χ1v) is 14.0. The second-order valence-corrected chi connectivity index (χ2v) is 11.8. The quantitative estimate of drug-likeness (QED) is 0.322. The smallest absolute Gasteiger partial charge is 0.419 e. The number of likely N-dealkylation sites (tertiary alicyclic amines) is 1. The topological polar surface area (TPSA) is 79.2 Å². The van der Waals surface area contributed by atoms with Crippen molar-refractivity contribution in [3.63, 3.8) is 0 Å². The number of hydrogen-bond acceptors (Lipinski definition) is 7. The highest BCUT2D eigenvalue weighted by Gasteiger charge is 2.54. The Bertz CT molecular complexity index is 1400. The van der Waals surface area contributed by atoms with Crippen molar-refractivity contribution in [3.05, 3.63) is 64.8 Å². The van der Waals surface area contributed by atoms with Gasteiger partial charge in [0.15, 0.2) is 0 Å². The fraction of sp³-hybridized carbons (Fsp3) is 0.500. The van der Waals surface area contributed by atoms with Crippen LogP contribution in [0.2, 0.25) is 0 Å². The average molecular weight is 549 g/mol. The minimum absolute atomic E-state index is 0.0981. The number of methoxy groups -OCH3 is 2. The maximum Gasteiger partial charge on any atom is 0.419 e. The number of aryl methyl sites for hydroxylation is 1. The molecule has 0 radical (unpaired) electrons. The van der Waals surface area contributed by atoms with Gasteiger partial charge in [0.05, 0.1) is 31.4 Å². The zero-order valence-corrected chi connectivity index (χ0v) is 24.5. The number of ether oxygens (including phenoxy) is 4. The second-order valence-electron chi connectivity index (χ2n) is 11.8. The highest BCUT2D eigenvalue weighted by molar-refractivity contribution is 5.95. The van der Waals surface area contributed by atoms with Crippen LogP contribution in [0.5, 0.6) is 5.75 Å². The van der Waals surface area contributed by atoms with Gasteiger partial charge in [0.1, 0.15) is 11.4 Å². The summed E-state index contributed by atoms with van der Waals surface area (Å²) in [6.07, 6.45) is 3.54. The zero-order chi connectivity index (χ0) is 28.8. The lowest BCUT2D eigenvalue weighted by atomic mass is 9.91. The van der Waals surface area contributed by atoms with Crippen molar-refractivity contribution in [1.82, 2.24) is 9.47 Å². The molecule has 3 aromatic rings. The van der Waals surface area contributed by atoms with Crippen molar-refractivity contribution in [2.45, 2.75) is 77.8 Å². The van der Waals surface area contributed by atoms with Crippen LogP contribution in [0.1, 0.15) is 73.6 Å². The lowest BCUT2D eigenvalue weighted by molar-refractivity contribution is -0.0199. The summed E-state index contributed by atoms with van der Waals surface area (Å²) in [6.45, 7) is 11.0. The van der Waals surface area contributed by atoms with Gasteiger partial charge in [0, 0.05) is 48.3 Å². The minimum Gasteiger partial charge on any atom is -0.496 e. The molecule has 40 heavy (non-hydrogen) atoms. The van der Waals surface area contributed by atoms with Crippen molar-refractivity contribution in [3.8, 4) is 5.75 Å². The Balaban J connectivity index is 1.54. The van der Waals surface area contributed by atoms with Crippen LogP contribution in [-0.4, -0.2) is 60.1 Å². The third-order valence-corrected chi connectivity index (χ3v) is 8.04. The molecule has 0 N–H and O–H groups in total. The monoisotopic (exact) mass is 548 g/mol. The summed E-state index contributed by atoms with van der Waals surface area (Å²) in [5.41, 5.74) is 3.89. The van der Waals surface area contributed by atoms with E-state index >= 15 is 0 Å². The third kappa shape index (κ3) is 5.34. The average Bonchev–Trinajstić information content (AvgIpc) is 3.60. The molecule has 214 valence electrons.